The van der Waals surface area contributed by atoms with Gasteiger partial charge in [-0.25, -0.2) is 0 Å². The fourth-order valence-electron chi connectivity index (χ4n) is 3.53. The second kappa shape index (κ2) is 9.62. The Hall–Kier alpha value is -1.62. The molecule has 0 unspecified atom stereocenters. The van der Waals surface area contributed by atoms with Gasteiger partial charge in [-0.1, -0.05) is 13.8 Å². The SMILES string of the molecule is CC.Nc1cnccc1CN1CCC(C(=O)N2CCCCC2)CC1. The van der Waals surface area contributed by atoms with E-state index >= 15 is 0 Å². The Bertz CT molecular complexity index is 506. The van der Waals surface area contributed by atoms with E-state index in [1.807, 2.05) is 19.9 Å². The van der Waals surface area contributed by atoms with E-state index < -0.39 is 0 Å². The Kier molecular flexibility index (Phi) is 7.50. The van der Waals surface area contributed by atoms with E-state index in [2.05, 4.69) is 14.8 Å². The standard InChI is InChI=1S/C17H26N4O.C2H6/c18-16-12-19-7-4-15(16)13-20-10-5-14(6-11-20)17(22)21-8-2-1-3-9-21;1-2/h4,7,12,14H,1-3,5-6,8-11,13,18H2;1-2H3. The van der Waals surface area contributed by atoms with Crippen LogP contribution in [0.3, 0.4) is 0 Å². The van der Waals surface area contributed by atoms with Gasteiger partial charge in [-0.3, -0.25) is 14.7 Å². The summed E-state index contributed by atoms with van der Waals surface area (Å²) >= 11 is 0. The van der Waals surface area contributed by atoms with E-state index in [1.54, 1.807) is 12.4 Å². The number of nitrogens with zero attached hydrogens (tertiary/aromatic N) is 3. The quantitative estimate of drug-likeness (QED) is 0.924. The molecule has 0 aromatic carbocycles. The average molecular weight is 332 g/mol. The van der Waals surface area contributed by atoms with Crippen molar-refractivity contribution in [3.05, 3.63) is 24.0 Å². The number of pyridine rings is 1. The molecule has 134 valence electrons. The minimum absolute atomic E-state index is 0.226. The van der Waals surface area contributed by atoms with E-state index in [9.17, 15) is 4.79 Å². The van der Waals surface area contributed by atoms with Crippen LogP contribution in [0.15, 0.2) is 18.5 Å². The number of hydrogen-bond acceptors (Lipinski definition) is 4. The molecule has 2 aliphatic heterocycles. The van der Waals surface area contributed by atoms with Crippen molar-refractivity contribution in [3.63, 3.8) is 0 Å². The molecule has 3 rings (SSSR count). The predicted molar refractivity (Wildman–Crippen MR) is 98.4 cm³/mol. The molecule has 5 heteroatoms. The van der Waals surface area contributed by atoms with Gasteiger partial charge in [0.2, 0.25) is 5.91 Å². The van der Waals surface area contributed by atoms with E-state index in [0.717, 1.165) is 56.8 Å². The van der Waals surface area contributed by atoms with Crippen molar-refractivity contribution in [2.45, 2.75) is 52.5 Å². The Morgan fingerprint density at radius 2 is 1.83 bits per heavy atom. The molecule has 1 amide bonds. The number of piperidine rings is 2. The van der Waals surface area contributed by atoms with E-state index in [-0.39, 0.29) is 5.92 Å². The number of hydrogen-bond donors (Lipinski definition) is 1. The molecule has 3 heterocycles. The van der Waals surface area contributed by atoms with Crippen molar-refractivity contribution in [1.82, 2.24) is 14.8 Å². The number of aromatic nitrogens is 1. The van der Waals surface area contributed by atoms with Crippen molar-refractivity contribution in [2.24, 2.45) is 5.92 Å². The van der Waals surface area contributed by atoms with Gasteiger partial charge in [-0.05, 0) is 56.8 Å². The summed E-state index contributed by atoms with van der Waals surface area (Å²) < 4.78 is 0. The number of carbonyl (C=O) groups excluding carboxylic acids is 1. The van der Waals surface area contributed by atoms with Crippen LogP contribution in [-0.2, 0) is 11.3 Å². The van der Waals surface area contributed by atoms with E-state index in [1.165, 1.54) is 19.3 Å². The zero-order chi connectivity index (χ0) is 17.4. The van der Waals surface area contributed by atoms with Crippen LogP contribution in [0.4, 0.5) is 5.69 Å². The molecule has 0 spiro atoms. The third-order valence-electron chi connectivity index (χ3n) is 4.94. The van der Waals surface area contributed by atoms with Gasteiger partial charge in [0.1, 0.15) is 0 Å². The molecule has 24 heavy (non-hydrogen) atoms. The Morgan fingerprint density at radius 3 is 2.46 bits per heavy atom. The molecule has 0 bridgehead atoms. The molecule has 2 fully saturated rings. The van der Waals surface area contributed by atoms with Crippen LogP contribution in [0.25, 0.3) is 0 Å². The third kappa shape index (κ3) is 4.94. The second-order valence-electron chi connectivity index (χ2n) is 6.51. The minimum Gasteiger partial charge on any atom is -0.397 e. The van der Waals surface area contributed by atoms with Crippen molar-refractivity contribution in [1.29, 1.82) is 0 Å². The van der Waals surface area contributed by atoms with E-state index in [0.29, 0.717) is 5.91 Å². The highest BCUT2D eigenvalue weighted by Crippen LogP contribution is 2.23. The van der Waals surface area contributed by atoms with Gasteiger partial charge in [-0.2, -0.15) is 0 Å². The summed E-state index contributed by atoms with van der Waals surface area (Å²) in [4.78, 5) is 21.1. The first-order valence-electron chi connectivity index (χ1n) is 9.43. The molecular formula is C19H32N4O. The summed E-state index contributed by atoms with van der Waals surface area (Å²) in [7, 11) is 0. The normalized spacial score (nSPS) is 19.5. The molecule has 0 saturated carbocycles. The van der Waals surface area contributed by atoms with Gasteiger partial charge in [-0.15, -0.1) is 0 Å². The summed E-state index contributed by atoms with van der Waals surface area (Å²) in [6.07, 6.45) is 9.06. The largest absolute Gasteiger partial charge is 0.397 e. The summed E-state index contributed by atoms with van der Waals surface area (Å²) in [5.41, 5.74) is 7.85. The lowest BCUT2D eigenvalue weighted by molar-refractivity contribution is -0.138. The van der Waals surface area contributed by atoms with Crippen molar-refractivity contribution < 1.29 is 4.79 Å². The zero-order valence-corrected chi connectivity index (χ0v) is 15.2. The van der Waals surface area contributed by atoms with Crippen molar-refractivity contribution in [2.75, 3.05) is 31.9 Å². The van der Waals surface area contributed by atoms with Crippen molar-refractivity contribution >= 4 is 11.6 Å². The van der Waals surface area contributed by atoms with Gasteiger partial charge in [0.25, 0.3) is 0 Å². The number of nitrogen functional groups attached to an aromatic ring is 1. The summed E-state index contributed by atoms with van der Waals surface area (Å²) in [5, 5.41) is 0. The molecule has 2 aliphatic rings. The van der Waals surface area contributed by atoms with E-state index in [4.69, 9.17) is 5.73 Å². The first kappa shape index (κ1) is 18.7. The highest BCUT2D eigenvalue weighted by Gasteiger charge is 2.29. The molecule has 1 aromatic rings. The number of anilines is 1. The van der Waals surface area contributed by atoms with Gasteiger partial charge in [0, 0.05) is 31.7 Å². The molecule has 5 nitrogen and oxygen atoms in total. The molecule has 1 aromatic heterocycles. The molecule has 0 radical (unpaired) electrons. The highest BCUT2D eigenvalue weighted by molar-refractivity contribution is 5.79. The maximum absolute atomic E-state index is 12.6. The van der Waals surface area contributed by atoms with Gasteiger partial charge in [0.05, 0.1) is 11.9 Å². The van der Waals surface area contributed by atoms with Crippen LogP contribution in [0.2, 0.25) is 0 Å². The topological polar surface area (TPSA) is 62.5 Å². The maximum atomic E-state index is 12.6. The third-order valence-corrected chi connectivity index (χ3v) is 4.94. The first-order chi connectivity index (χ1) is 11.7. The Balaban J connectivity index is 0.00000100. The lowest BCUT2D eigenvalue weighted by atomic mass is 9.94. The van der Waals surface area contributed by atoms with Crippen molar-refractivity contribution in [3.8, 4) is 0 Å². The second-order valence-corrected chi connectivity index (χ2v) is 6.51. The lowest BCUT2D eigenvalue weighted by Crippen LogP contribution is -2.44. The number of amides is 1. The number of rotatable bonds is 3. The fraction of sp³-hybridized carbons (Fsp3) is 0.684. The van der Waals surface area contributed by atoms with Crippen LogP contribution in [0.1, 0.15) is 51.5 Å². The average Bonchev–Trinajstić information content (AvgIpc) is 2.66. The number of carbonyl (C=O) groups is 1. The molecule has 2 N–H and O–H groups in total. The van der Waals surface area contributed by atoms with Crippen LogP contribution in [0, 0.1) is 5.92 Å². The number of likely N-dealkylation sites (tertiary alicyclic amines) is 2. The fourth-order valence-corrected chi connectivity index (χ4v) is 3.53. The van der Waals surface area contributed by atoms with Crippen LogP contribution in [-0.4, -0.2) is 46.9 Å². The van der Waals surface area contributed by atoms with Gasteiger partial charge >= 0.3 is 0 Å². The lowest BCUT2D eigenvalue weighted by Gasteiger charge is -2.35. The van der Waals surface area contributed by atoms with Crippen LogP contribution < -0.4 is 5.73 Å². The Morgan fingerprint density at radius 1 is 1.17 bits per heavy atom. The first-order valence-corrected chi connectivity index (χ1v) is 9.43. The highest BCUT2D eigenvalue weighted by atomic mass is 16.2. The van der Waals surface area contributed by atoms with Crippen LogP contribution in [0.5, 0.6) is 0 Å². The number of nitrogens with two attached hydrogens (primary N) is 1. The summed E-state index contributed by atoms with van der Waals surface area (Å²) in [5.74, 6) is 0.618. The zero-order valence-electron chi connectivity index (χ0n) is 15.2. The Labute approximate surface area is 146 Å². The molecule has 0 atom stereocenters. The minimum atomic E-state index is 0.226. The van der Waals surface area contributed by atoms with Gasteiger partial charge < -0.3 is 10.6 Å². The molecule has 2 saturated heterocycles. The summed E-state index contributed by atoms with van der Waals surface area (Å²) in [6, 6.07) is 1.99. The molecule has 0 aliphatic carbocycles. The monoisotopic (exact) mass is 332 g/mol. The maximum Gasteiger partial charge on any atom is 0.225 e. The predicted octanol–water partition coefficient (Wildman–Crippen LogP) is 2.91. The smallest absolute Gasteiger partial charge is 0.225 e. The van der Waals surface area contributed by atoms with Gasteiger partial charge in [0.15, 0.2) is 0 Å². The molecular weight excluding hydrogens is 300 g/mol. The summed E-state index contributed by atoms with van der Waals surface area (Å²) in [6.45, 7) is 8.75. The van der Waals surface area contributed by atoms with Crippen LogP contribution >= 0.6 is 0 Å².